The van der Waals surface area contributed by atoms with Crippen molar-refractivity contribution in [1.29, 1.82) is 0 Å². The topological polar surface area (TPSA) is 102 Å². The number of urea groups is 1. The second-order valence-corrected chi connectivity index (χ2v) is 10.9. The number of fused-ring (bicyclic) bond motifs is 1. The van der Waals surface area contributed by atoms with E-state index in [1.165, 1.54) is 12.8 Å². The first-order valence-electron chi connectivity index (χ1n) is 12.9. The summed E-state index contributed by atoms with van der Waals surface area (Å²) in [5, 5.41) is 11.0. The molecular formula is C26H30ClF3N6O3S. The number of carboxylic acids is 1. The molecule has 1 aromatic carbocycles. The second kappa shape index (κ2) is 13.5. The number of hydrogen-bond donors (Lipinski definition) is 2. The van der Waals surface area contributed by atoms with E-state index in [2.05, 4.69) is 31.2 Å². The molecule has 5 rings (SSSR count). The first kappa shape index (κ1) is 29.8. The summed E-state index contributed by atoms with van der Waals surface area (Å²) in [4.78, 5) is 38.5. The van der Waals surface area contributed by atoms with Gasteiger partial charge in [-0.3, -0.25) is 0 Å². The van der Waals surface area contributed by atoms with Gasteiger partial charge in [0.25, 0.3) is 0 Å². The van der Waals surface area contributed by atoms with Crippen LogP contribution in [-0.4, -0.2) is 95.4 Å². The predicted molar refractivity (Wildman–Crippen MR) is 149 cm³/mol. The fraction of sp³-hybridized carbons (Fsp3) is 0.462. The third-order valence-electron chi connectivity index (χ3n) is 6.65. The van der Waals surface area contributed by atoms with Gasteiger partial charge in [-0.05, 0) is 56.1 Å². The number of hydrogen-bond acceptors (Lipinski definition) is 7. The fourth-order valence-corrected chi connectivity index (χ4v) is 5.85. The summed E-state index contributed by atoms with van der Waals surface area (Å²) in [5.74, 6) is -1.80. The molecule has 40 heavy (non-hydrogen) atoms. The highest BCUT2D eigenvalue weighted by atomic mass is 35.5. The zero-order valence-corrected chi connectivity index (χ0v) is 23.2. The third kappa shape index (κ3) is 7.95. The van der Waals surface area contributed by atoms with E-state index in [1.54, 1.807) is 17.7 Å². The van der Waals surface area contributed by atoms with Gasteiger partial charge in [0.1, 0.15) is 12.1 Å². The fourth-order valence-electron chi connectivity index (χ4n) is 4.59. The van der Waals surface area contributed by atoms with Crippen molar-refractivity contribution in [2.45, 2.75) is 25.4 Å². The molecule has 2 amide bonds. The van der Waals surface area contributed by atoms with Crippen LogP contribution in [0.3, 0.4) is 0 Å². The minimum Gasteiger partial charge on any atom is -0.475 e. The lowest BCUT2D eigenvalue weighted by molar-refractivity contribution is -0.192. The molecule has 9 nitrogen and oxygen atoms in total. The van der Waals surface area contributed by atoms with Gasteiger partial charge in [-0.25, -0.2) is 19.6 Å². The summed E-state index contributed by atoms with van der Waals surface area (Å²) in [5.41, 5.74) is 2.08. The first-order valence-corrected chi connectivity index (χ1v) is 14.1. The minimum atomic E-state index is -5.08. The highest BCUT2D eigenvalue weighted by Crippen LogP contribution is 2.37. The smallest absolute Gasteiger partial charge is 0.475 e. The number of carboxylic acid groups (broad SMARTS) is 1. The Kier molecular flexibility index (Phi) is 10.0. The quantitative estimate of drug-likeness (QED) is 0.428. The average molecular weight is 599 g/mol. The zero-order chi connectivity index (χ0) is 28.7. The molecule has 2 aliphatic rings. The molecule has 2 fully saturated rings. The van der Waals surface area contributed by atoms with Crippen LogP contribution in [-0.2, 0) is 4.79 Å². The lowest BCUT2D eigenvalue weighted by Gasteiger charge is -2.23. The van der Waals surface area contributed by atoms with Crippen molar-refractivity contribution < 1.29 is 27.9 Å². The number of nitrogens with one attached hydrogen (secondary N) is 1. The van der Waals surface area contributed by atoms with E-state index >= 15 is 0 Å². The Morgan fingerprint density at radius 1 is 1.00 bits per heavy atom. The predicted octanol–water partition coefficient (Wildman–Crippen LogP) is 4.96. The molecule has 0 unspecified atom stereocenters. The number of anilines is 1. The van der Waals surface area contributed by atoms with Gasteiger partial charge < -0.3 is 25.1 Å². The third-order valence-corrected chi connectivity index (χ3v) is 8.07. The van der Waals surface area contributed by atoms with Gasteiger partial charge in [-0.1, -0.05) is 23.7 Å². The molecular weight excluding hydrogens is 569 g/mol. The molecule has 2 aromatic heterocycles. The standard InChI is InChI=1S/C24H29ClN6OS.C2HF3O2/c25-19-6-4-18(5-7-19)21-16-20-22(33-21)23(28-17-27-20)30-11-3-12-31(15-14-30)24(32)26-8-13-29-9-1-2-10-29;3-2(4,5)1(6)7/h4-7,16-17H,1-3,8-15H2,(H,26,32);(H,6,7). The number of amides is 2. The van der Waals surface area contributed by atoms with Gasteiger partial charge in [0.2, 0.25) is 0 Å². The molecule has 0 aliphatic carbocycles. The Morgan fingerprint density at radius 3 is 2.38 bits per heavy atom. The van der Waals surface area contributed by atoms with Crippen LogP contribution in [0.4, 0.5) is 23.8 Å². The highest BCUT2D eigenvalue weighted by molar-refractivity contribution is 7.22. The van der Waals surface area contributed by atoms with Gasteiger partial charge in [-0.2, -0.15) is 13.2 Å². The number of aliphatic carboxylic acids is 1. The number of rotatable bonds is 5. The molecule has 3 aromatic rings. The van der Waals surface area contributed by atoms with E-state index < -0.39 is 12.1 Å². The van der Waals surface area contributed by atoms with Crippen molar-refractivity contribution in [1.82, 2.24) is 25.1 Å². The van der Waals surface area contributed by atoms with Crippen molar-refractivity contribution in [2.75, 3.05) is 57.3 Å². The Bertz CT molecular complexity index is 1300. The number of carbonyl (C=O) groups is 2. The number of thiophene rings is 1. The molecule has 216 valence electrons. The minimum absolute atomic E-state index is 0.0463. The number of benzene rings is 1. The van der Waals surface area contributed by atoms with Gasteiger partial charge in [0.05, 0.1) is 10.2 Å². The van der Waals surface area contributed by atoms with E-state index in [1.807, 2.05) is 29.2 Å². The summed E-state index contributed by atoms with van der Waals surface area (Å²) in [7, 11) is 0. The monoisotopic (exact) mass is 598 g/mol. The van der Waals surface area contributed by atoms with E-state index in [0.29, 0.717) is 13.1 Å². The molecule has 0 saturated carbocycles. The number of halogens is 4. The maximum Gasteiger partial charge on any atom is 0.490 e. The van der Waals surface area contributed by atoms with Crippen molar-refractivity contribution in [2.24, 2.45) is 0 Å². The molecule has 14 heteroatoms. The lowest BCUT2D eigenvalue weighted by atomic mass is 10.2. The maximum atomic E-state index is 12.7. The first-order chi connectivity index (χ1) is 19.1. The van der Waals surface area contributed by atoms with Crippen molar-refractivity contribution in [3.63, 3.8) is 0 Å². The zero-order valence-electron chi connectivity index (χ0n) is 21.7. The van der Waals surface area contributed by atoms with Crippen LogP contribution >= 0.6 is 22.9 Å². The second-order valence-electron chi connectivity index (χ2n) is 9.44. The molecule has 0 atom stereocenters. The van der Waals surface area contributed by atoms with E-state index in [4.69, 9.17) is 21.5 Å². The Labute approximate surface area is 238 Å². The summed E-state index contributed by atoms with van der Waals surface area (Å²) in [6.07, 6.45) is 0.0273. The van der Waals surface area contributed by atoms with Crippen LogP contribution in [0.15, 0.2) is 36.7 Å². The molecule has 0 radical (unpaired) electrons. The number of likely N-dealkylation sites (tertiary alicyclic amines) is 1. The maximum absolute atomic E-state index is 12.7. The SMILES string of the molecule is O=C(NCCN1CCCC1)N1CCCN(c2ncnc3cc(-c4ccc(Cl)cc4)sc23)CC1.O=C(O)C(F)(F)F. The van der Waals surface area contributed by atoms with Gasteiger partial charge >= 0.3 is 18.2 Å². The molecule has 4 heterocycles. The number of aromatic nitrogens is 2. The van der Waals surface area contributed by atoms with E-state index in [0.717, 1.165) is 77.2 Å². The largest absolute Gasteiger partial charge is 0.490 e. The molecule has 2 saturated heterocycles. The van der Waals surface area contributed by atoms with Crippen LogP contribution in [0.2, 0.25) is 5.02 Å². The van der Waals surface area contributed by atoms with Crippen molar-refractivity contribution in [3.05, 3.63) is 41.7 Å². The van der Waals surface area contributed by atoms with E-state index in [9.17, 15) is 18.0 Å². The van der Waals surface area contributed by atoms with Crippen LogP contribution in [0.5, 0.6) is 0 Å². The molecule has 2 aliphatic heterocycles. The number of alkyl halides is 3. The van der Waals surface area contributed by atoms with Crippen molar-refractivity contribution in [3.8, 4) is 10.4 Å². The van der Waals surface area contributed by atoms with Gasteiger partial charge in [-0.15, -0.1) is 11.3 Å². The Morgan fingerprint density at radius 2 is 1.70 bits per heavy atom. The normalized spacial score (nSPS) is 16.4. The summed E-state index contributed by atoms with van der Waals surface area (Å²) >= 11 is 7.76. The summed E-state index contributed by atoms with van der Waals surface area (Å²) in [6.45, 7) is 7.07. The lowest BCUT2D eigenvalue weighted by Crippen LogP contribution is -2.44. The van der Waals surface area contributed by atoms with E-state index in [-0.39, 0.29) is 6.03 Å². The molecule has 2 N–H and O–H groups in total. The summed E-state index contributed by atoms with van der Waals surface area (Å²) in [6, 6.07) is 10.1. The van der Waals surface area contributed by atoms with Gasteiger partial charge in [0.15, 0.2) is 0 Å². The van der Waals surface area contributed by atoms with Crippen molar-refractivity contribution >= 4 is 51.0 Å². The van der Waals surface area contributed by atoms with Crippen LogP contribution in [0, 0.1) is 0 Å². The number of carbonyl (C=O) groups excluding carboxylic acids is 1. The number of nitrogens with zero attached hydrogens (tertiary/aromatic N) is 5. The van der Waals surface area contributed by atoms with Crippen LogP contribution in [0.1, 0.15) is 19.3 Å². The average Bonchev–Trinajstić information content (AvgIpc) is 3.53. The Hall–Kier alpha value is -3.16. The molecule has 0 spiro atoms. The van der Waals surface area contributed by atoms with Gasteiger partial charge in [0, 0.05) is 49.2 Å². The Balaban J connectivity index is 0.000000470. The molecule has 0 bridgehead atoms. The highest BCUT2D eigenvalue weighted by Gasteiger charge is 2.38. The van der Waals surface area contributed by atoms with Crippen LogP contribution < -0.4 is 10.2 Å². The summed E-state index contributed by atoms with van der Waals surface area (Å²) < 4.78 is 32.8. The van der Waals surface area contributed by atoms with Crippen LogP contribution in [0.25, 0.3) is 20.7 Å².